The van der Waals surface area contributed by atoms with Crippen LogP contribution in [0.3, 0.4) is 0 Å². The van der Waals surface area contributed by atoms with Gasteiger partial charge in [-0.25, -0.2) is 9.59 Å². The highest BCUT2D eigenvalue weighted by Gasteiger charge is 2.29. The Morgan fingerprint density at radius 3 is 3.07 bits per heavy atom. The Labute approximate surface area is 87.4 Å². The molecular formula is C9H13NO5. The van der Waals surface area contributed by atoms with Crippen molar-refractivity contribution in [2.75, 3.05) is 19.8 Å². The highest BCUT2D eigenvalue weighted by molar-refractivity contribution is 5.70. The normalized spacial score (nSPS) is 16.9. The Hall–Kier alpha value is -1.72. The third kappa shape index (κ3) is 3.16. The summed E-state index contributed by atoms with van der Waals surface area (Å²) in [6.07, 6.45) is -0.575. The van der Waals surface area contributed by atoms with Gasteiger partial charge in [0.05, 0.1) is 6.54 Å². The monoisotopic (exact) mass is 215 g/mol. The summed E-state index contributed by atoms with van der Waals surface area (Å²) in [6.45, 7) is 5.76. The average molecular weight is 215 g/mol. The molecule has 0 spiro atoms. The van der Waals surface area contributed by atoms with Gasteiger partial charge in [0.25, 0.3) is 0 Å². The molecule has 6 heteroatoms. The van der Waals surface area contributed by atoms with Gasteiger partial charge in [0.1, 0.15) is 13.2 Å². The van der Waals surface area contributed by atoms with Crippen molar-refractivity contribution in [2.45, 2.75) is 13.2 Å². The topological polar surface area (TPSA) is 65.1 Å². The minimum Gasteiger partial charge on any atom is -0.447 e. The van der Waals surface area contributed by atoms with Crippen molar-refractivity contribution in [3.63, 3.8) is 0 Å². The average Bonchev–Trinajstić information content (AvgIpc) is 2.61. The number of hydrogen-bond acceptors (Lipinski definition) is 5. The van der Waals surface area contributed by atoms with E-state index in [2.05, 4.69) is 16.1 Å². The van der Waals surface area contributed by atoms with E-state index in [4.69, 9.17) is 4.74 Å². The summed E-state index contributed by atoms with van der Waals surface area (Å²) in [7, 11) is 0. The van der Waals surface area contributed by atoms with Crippen molar-refractivity contribution in [1.29, 1.82) is 0 Å². The van der Waals surface area contributed by atoms with Crippen LogP contribution in [0.25, 0.3) is 0 Å². The maximum absolute atomic E-state index is 11.1. The molecule has 0 bridgehead atoms. The molecule has 0 N–H and O–H groups in total. The molecule has 1 saturated heterocycles. The predicted molar refractivity (Wildman–Crippen MR) is 50.1 cm³/mol. The van der Waals surface area contributed by atoms with Crippen LogP contribution in [0.15, 0.2) is 12.7 Å². The highest BCUT2D eigenvalue weighted by Crippen LogP contribution is 2.10. The van der Waals surface area contributed by atoms with Gasteiger partial charge < -0.3 is 14.2 Å². The van der Waals surface area contributed by atoms with E-state index in [0.717, 1.165) is 0 Å². The van der Waals surface area contributed by atoms with Gasteiger partial charge in [0.2, 0.25) is 0 Å². The van der Waals surface area contributed by atoms with Crippen molar-refractivity contribution >= 4 is 12.2 Å². The Morgan fingerprint density at radius 2 is 2.53 bits per heavy atom. The summed E-state index contributed by atoms with van der Waals surface area (Å²) in [5.74, 6) is 0. The van der Waals surface area contributed by atoms with E-state index in [0.29, 0.717) is 13.2 Å². The molecule has 0 saturated carbocycles. The standard InChI is InChI=1S/C9H13NO5/c1-3-5-14-9(12)15-7(2)10-4-6-13-8(10)11/h3,7H,1,4-6H2,2H3. The van der Waals surface area contributed by atoms with E-state index in [9.17, 15) is 9.59 Å². The third-order valence-electron chi connectivity index (χ3n) is 1.82. The molecule has 1 rings (SSSR count). The molecule has 84 valence electrons. The maximum atomic E-state index is 11.1. The molecule has 0 radical (unpaired) electrons. The lowest BCUT2D eigenvalue weighted by molar-refractivity contribution is -0.0144. The lowest BCUT2D eigenvalue weighted by atomic mass is 10.5. The highest BCUT2D eigenvalue weighted by atomic mass is 16.7. The van der Waals surface area contributed by atoms with Gasteiger partial charge in [0, 0.05) is 0 Å². The molecule has 0 aromatic rings. The zero-order valence-electron chi connectivity index (χ0n) is 8.47. The first-order valence-electron chi connectivity index (χ1n) is 4.53. The fraction of sp³-hybridized carbons (Fsp3) is 0.556. The van der Waals surface area contributed by atoms with E-state index in [1.54, 1.807) is 6.92 Å². The molecule has 1 fully saturated rings. The molecular weight excluding hydrogens is 202 g/mol. The lowest BCUT2D eigenvalue weighted by Gasteiger charge is -2.20. The Balaban J connectivity index is 2.34. The largest absolute Gasteiger partial charge is 0.510 e. The van der Waals surface area contributed by atoms with E-state index >= 15 is 0 Å². The number of hydrogen-bond donors (Lipinski definition) is 0. The van der Waals surface area contributed by atoms with Crippen LogP contribution in [-0.2, 0) is 14.2 Å². The first-order chi connectivity index (χ1) is 7.15. The molecule has 1 aliphatic rings. The molecule has 1 unspecified atom stereocenters. The van der Waals surface area contributed by atoms with Gasteiger partial charge >= 0.3 is 12.2 Å². The van der Waals surface area contributed by atoms with Crippen molar-refractivity contribution in [2.24, 2.45) is 0 Å². The fourth-order valence-electron chi connectivity index (χ4n) is 1.10. The fourth-order valence-corrected chi connectivity index (χ4v) is 1.10. The van der Waals surface area contributed by atoms with Gasteiger partial charge in [-0.15, -0.1) is 0 Å². The Bertz CT molecular complexity index is 265. The van der Waals surface area contributed by atoms with Crippen molar-refractivity contribution in [3.8, 4) is 0 Å². The molecule has 1 heterocycles. The first-order valence-corrected chi connectivity index (χ1v) is 4.53. The van der Waals surface area contributed by atoms with Gasteiger partial charge in [-0.3, -0.25) is 4.90 Å². The van der Waals surface area contributed by atoms with Crippen LogP contribution in [0.2, 0.25) is 0 Å². The predicted octanol–water partition coefficient (Wildman–Crippen LogP) is 1.12. The van der Waals surface area contributed by atoms with Crippen LogP contribution in [-0.4, -0.2) is 43.1 Å². The lowest BCUT2D eigenvalue weighted by Crippen LogP contribution is -2.37. The minimum atomic E-state index is -0.831. The third-order valence-corrected chi connectivity index (χ3v) is 1.82. The molecule has 1 amide bonds. The van der Waals surface area contributed by atoms with E-state index in [-0.39, 0.29) is 6.61 Å². The second-order valence-electron chi connectivity index (χ2n) is 2.87. The van der Waals surface area contributed by atoms with E-state index < -0.39 is 18.5 Å². The summed E-state index contributed by atoms with van der Waals surface area (Å²) in [5, 5.41) is 0. The van der Waals surface area contributed by atoms with Gasteiger partial charge in [-0.2, -0.15) is 0 Å². The van der Waals surface area contributed by atoms with Crippen LogP contribution >= 0.6 is 0 Å². The smallest absolute Gasteiger partial charge is 0.447 e. The van der Waals surface area contributed by atoms with Gasteiger partial charge in [0.15, 0.2) is 6.23 Å². The van der Waals surface area contributed by atoms with Crippen LogP contribution in [0.1, 0.15) is 6.92 Å². The molecule has 0 aliphatic carbocycles. The molecule has 15 heavy (non-hydrogen) atoms. The van der Waals surface area contributed by atoms with Crippen LogP contribution in [0.5, 0.6) is 0 Å². The summed E-state index contributed by atoms with van der Waals surface area (Å²) < 4.78 is 14.1. The molecule has 0 aromatic heterocycles. The number of carbonyl (C=O) groups is 2. The number of nitrogens with zero attached hydrogens (tertiary/aromatic N) is 1. The van der Waals surface area contributed by atoms with Gasteiger partial charge in [-0.1, -0.05) is 12.7 Å². The number of rotatable bonds is 4. The van der Waals surface area contributed by atoms with Gasteiger partial charge in [-0.05, 0) is 6.92 Å². The zero-order chi connectivity index (χ0) is 11.3. The van der Waals surface area contributed by atoms with Crippen LogP contribution < -0.4 is 0 Å². The second-order valence-corrected chi connectivity index (χ2v) is 2.87. The van der Waals surface area contributed by atoms with E-state index in [1.165, 1.54) is 11.0 Å². The first kappa shape index (κ1) is 11.4. The summed E-state index contributed by atoms with van der Waals surface area (Å²) in [4.78, 5) is 23.4. The van der Waals surface area contributed by atoms with Crippen molar-refractivity contribution in [1.82, 2.24) is 4.90 Å². The molecule has 0 aromatic carbocycles. The molecule has 1 atom stereocenters. The van der Waals surface area contributed by atoms with Crippen LogP contribution in [0.4, 0.5) is 9.59 Å². The quantitative estimate of drug-likeness (QED) is 0.519. The number of amides is 1. The summed E-state index contributed by atoms with van der Waals surface area (Å²) in [6, 6.07) is 0. The SMILES string of the molecule is C=CCOC(=O)OC(C)N1CCOC1=O. The van der Waals surface area contributed by atoms with Crippen molar-refractivity contribution in [3.05, 3.63) is 12.7 Å². The summed E-state index contributed by atoms with van der Waals surface area (Å²) >= 11 is 0. The number of ether oxygens (including phenoxy) is 3. The maximum Gasteiger partial charge on any atom is 0.510 e. The van der Waals surface area contributed by atoms with Crippen LogP contribution in [0, 0.1) is 0 Å². The molecule has 6 nitrogen and oxygen atoms in total. The summed E-state index contributed by atoms with van der Waals surface area (Å²) in [5.41, 5.74) is 0. The number of carbonyl (C=O) groups excluding carboxylic acids is 2. The van der Waals surface area contributed by atoms with Crippen molar-refractivity contribution < 1.29 is 23.8 Å². The number of cyclic esters (lactones) is 1. The Kier molecular flexibility index (Phi) is 3.96. The zero-order valence-corrected chi connectivity index (χ0v) is 8.47. The minimum absolute atomic E-state index is 0.0794. The Morgan fingerprint density at radius 1 is 1.80 bits per heavy atom. The van der Waals surface area contributed by atoms with E-state index in [1.807, 2.05) is 0 Å². The molecule has 1 aliphatic heterocycles. The second kappa shape index (κ2) is 5.23.